The van der Waals surface area contributed by atoms with Crippen molar-refractivity contribution >= 4 is 23.4 Å². The summed E-state index contributed by atoms with van der Waals surface area (Å²) >= 11 is 1.51. The number of non-ortho nitro benzene ring substituents is 1. The zero-order chi connectivity index (χ0) is 24.6. The van der Waals surface area contributed by atoms with Gasteiger partial charge in [-0.3, -0.25) is 19.5 Å². The molecule has 2 heterocycles. The van der Waals surface area contributed by atoms with Crippen LogP contribution in [0.2, 0.25) is 0 Å². The average molecular weight is 494 g/mol. The summed E-state index contributed by atoms with van der Waals surface area (Å²) in [6.45, 7) is 1.33. The number of nitrogens with zero attached hydrogens (tertiary/aromatic N) is 4. The average Bonchev–Trinajstić information content (AvgIpc) is 3.55. The minimum Gasteiger partial charge on any atom is -0.467 e. The van der Waals surface area contributed by atoms with Gasteiger partial charge in [0.05, 0.1) is 30.9 Å². The van der Waals surface area contributed by atoms with Crippen molar-refractivity contribution in [3.8, 4) is 11.4 Å². The number of thioether (sulfide) groups is 1. The van der Waals surface area contributed by atoms with E-state index >= 15 is 0 Å². The van der Waals surface area contributed by atoms with Gasteiger partial charge in [-0.15, -0.1) is 10.2 Å². The van der Waals surface area contributed by atoms with E-state index in [-0.39, 0.29) is 11.6 Å². The van der Waals surface area contributed by atoms with Crippen LogP contribution in [0.4, 0.5) is 5.69 Å². The molecule has 11 heteroatoms. The minimum atomic E-state index is -0.436. The number of aromatic nitrogens is 3. The summed E-state index contributed by atoms with van der Waals surface area (Å²) in [5.41, 5.74) is 2.34. The molecule has 0 atom stereocenters. The predicted octanol–water partition coefficient (Wildman–Crippen LogP) is 4.32. The molecule has 1 amide bonds. The van der Waals surface area contributed by atoms with Crippen LogP contribution < -0.4 is 5.32 Å². The Kier molecular flexibility index (Phi) is 7.91. The summed E-state index contributed by atoms with van der Waals surface area (Å²) in [7, 11) is 1.62. The molecule has 35 heavy (non-hydrogen) atoms. The Morgan fingerprint density at radius 2 is 1.91 bits per heavy atom. The number of methoxy groups -OCH3 is 1. The zero-order valence-corrected chi connectivity index (χ0v) is 19.7. The number of amides is 1. The number of carbonyl (C=O) groups excluding carboxylic acids is 1. The van der Waals surface area contributed by atoms with Crippen molar-refractivity contribution in [1.29, 1.82) is 0 Å². The van der Waals surface area contributed by atoms with E-state index < -0.39 is 4.92 Å². The predicted molar refractivity (Wildman–Crippen MR) is 130 cm³/mol. The first-order chi connectivity index (χ1) is 17.0. The van der Waals surface area contributed by atoms with E-state index in [9.17, 15) is 14.9 Å². The first-order valence-corrected chi connectivity index (χ1v) is 11.7. The summed E-state index contributed by atoms with van der Waals surface area (Å²) in [6, 6.07) is 17.2. The number of nitrogens with one attached hydrogen (secondary N) is 1. The molecule has 10 nitrogen and oxygen atoms in total. The highest BCUT2D eigenvalue weighted by molar-refractivity contribution is 7.98. The second kappa shape index (κ2) is 11.4. The molecule has 0 saturated carbocycles. The number of nitro benzene ring substituents is 1. The van der Waals surface area contributed by atoms with E-state index in [0.29, 0.717) is 47.8 Å². The molecule has 2 aromatic heterocycles. The molecule has 0 aliphatic carbocycles. The molecule has 0 fully saturated rings. The number of rotatable bonds is 11. The van der Waals surface area contributed by atoms with E-state index in [4.69, 9.17) is 9.15 Å². The fourth-order valence-electron chi connectivity index (χ4n) is 3.31. The van der Waals surface area contributed by atoms with Gasteiger partial charge < -0.3 is 14.5 Å². The quantitative estimate of drug-likeness (QED) is 0.186. The Morgan fingerprint density at radius 3 is 2.57 bits per heavy atom. The van der Waals surface area contributed by atoms with Crippen LogP contribution in [0.1, 0.15) is 21.7 Å². The molecule has 0 spiro atoms. The van der Waals surface area contributed by atoms with Crippen molar-refractivity contribution in [2.24, 2.45) is 0 Å². The number of ether oxygens (including phenoxy) is 1. The SMILES string of the molecule is COCCn1c(SCc2ccc(C(=O)NCc3ccco3)cc2)nnc1-c1ccc([N+](=O)[O-])cc1. The van der Waals surface area contributed by atoms with Crippen LogP contribution in [0.5, 0.6) is 0 Å². The van der Waals surface area contributed by atoms with E-state index in [1.165, 1.54) is 23.9 Å². The maximum absolute atomic E-state index is 12.3. The van der Waals surface area contributed by atoms with Crippen molar-refractivity contribution in [1.82, 2.24) is 20.1 Å². The fraction of sp³-hybridized carbons (Fsp3) is 0.208. The Hall–Kier alpha value is -3.96. The summed E-state index contributed by atoms with van der Waals surface area (Å²) in [4.78, 5) is 22.9. The monoisotopic (exact) mass is 493 g/mol. The molecule has 0 unspecified atom stereocenters. The minimum absolute atomic E-state index is 0.0180. The molecule has 180 valence electrons. The second-order valence-electron chi connectivity index (χ2n) is 7.50. The lowest BCUT2D eigenvalue weighted by Crippen LogP contribution is -2.22. The van der Waals surface area contributed by atoms with Crippen LogP contribution in [-0.2, 0) is 23.6 Å². The van der Waals surface area contributed by atoms with Crippen LogP contribution in [0, 0.1) is 10.1 Å². The van der Waals surface area contributed by atoms with E-state index in [1.807, 2.05) is 16.7 Å². The van der Waals surface area contributed by atoms with Gasteiger partial charge in [0.1, 0.15) is 5.76 Å². The summed E-state index contributed by atoms with van der Waals surface area (Å²) in [5, 5.41) is 23.1. The number of hydrogen-bond acceptors (Lipinski definition) is 8. The van der Waals surface area contributed by atoms with Gasteiger partial charge in [0, 0.05) is 36.1 Å². The Morgan fingerprint density at radius 1 is 1.14 bits per heavy atom. The summed E-state index contributed by atoms with van der Waals surface area (Å²) in [6.07, 6.45) is 1.57. The number of hydrogen-bond donors (Lipinski definition) is 1. The molecule has 0 bridgehead atoms. The van der Waals surface area contributed by atoms with Gasteiger partial charge in [0.25, 0.3) is 11.6 Å². The normalized spacial score (nSPS) is 10.9. The molecule has 0 aliphatic rings. The number of benzene rings is 2. The number of nitro groups is 1. The van der Waals surface area contributed by atoms with Crippen LogP contribution in [0.3, 0.4) is 0 Å². The van der Waals surface area contributed by atoms with Gasteiger partial charge in [-0.1, -0.05) is 23.9 Å². The third-order valence-electron chi connectivity index (χ3n) is 5.16. The van der Waals surface area contributed by atoms with Gasteiger partial charge >= 0.3 is 0 Å². The standard InChI is InChI=1S/C24H23N5O5S/c1-33-14-12-28-22(18-8-10-20(11-9-18)29(31)32)26-27-24(28)35-16-17-4-6-19(7-5-17)23(30)25-15-21-3-2-13-34-21/h2-11,13H,12,14-16H2,1H3,(H,25,30). The molecule has 2 aromatic carbocycles. The van der Waals surface area contributed by atoms with Crippen molar-refractivity contribution in [2.75, 3.05) is 13.7 Å². The van der Waals surface area contributed by atoms with Gasteiger partial charge in [-0.2, -0.15) is 0 Å². The van der Waals surface area contributed by atoms with Crippen molar-refractivity contribution in [2.45, 2.75) is 24.0 Å². The maximum Gasteiger partial charge on any atom is 0.269 e. The van der Waals surface area contributed by atoms with E-state index in [1.54, 1.807) is 49.8 Å². The molecule has 0 radical (unpaired) electrons. The van der Waals surface area contributed by atoms with E-state index in [2.05, 4.69) is 15.5 Å². The summed E-state index contributed by atoms with van der Waals surface area (Å²) < 4.78 is 12.4. The first-order valence-electron chi connectivity index (χ1n) is 10.7. The van der Waals surface area contributed by atoms with Crippen LogP contribution in [0.15, 0.2) is 76.5 Å². The largest absolute Gasteiger partial charge is 0.467 e. The van der Waals surface area contributed by atoms with Gasteiger partial charge in [0.2, 0.25) is 0 Å². The van der Waals surface area contributed by atoms with Gasteiger partial charge in [0.15, 0.2) is 11.0 Å². The lowest BCUT2D eigenvalue weighted by molar-refractivity contribution is -0.384. The Balaban J connectivity index is 1.42. The highest BCUT2D eigenvalue weighted by atomic mass is 32.2. The second-order valence-corrected chi connectivity index (χ2v) is 8.44. The molecule has 0 aliphatic heterocycles. The highest BCUT2D eigenvalue weighted by Gasteiger charge is 2.16. The Labute approximate surface area is 205 Å². The number of carbonyl (C=O) groups is 1. The molecule has 1 N–H and O–H groups in total. The smallest absolute Gasteiger partial charge is 0.269 e. The third-order valence-corrected chi connectivity index (χ3v) is 6.20. The summed E-state index contributed by atoms with van der Waals surface area (Å²) in [5.74, 6) is 1.76. The van der Waals surface area contributed by atoms with Crippen molar-refractivity contribution < 1.29 is 18.9 Å². The topological polar surface area (TPSA) is 125 Å². The molecular formula is C24H23N5O5S. The zero-order valence-electron chi connectivity index (χ0n) is 18.9. The third kappa shape index (κ3) is 6.14. The molecule has 4 aromatic rings. The highest BCUT2D eigenvalue weighted by Crippen LogP contribution is 2.27. The van der Waals surface area contributed by atoms with Crippen molar-refractivity contribution in [3.05, 3.63) is 93.9 Å². The van der Waals surface area contributed by atoms with E-state index in [0.717, 1.165) is 11.1 Å². The fourth-order valence-corrected chi connectivity index (χ4v) is 4.23. The van der Waals surface area contributed by atoms with Crippen LogP contribution >= 0.6 is 11.8 Å². The molecule has 0 saturated heterocycles. The lowest BCUT2D eigenvalue weighted by Gasteiger charge is -2.10. The maximum atomic E-state index is 12.3. The van der Waals surface area contributed by atoms with Crippen LogP contribution in [-0.4, -0.2) is 39.3 Å². The molecular weight excluding hydrogens is 470 g/mol. The van der Waals surface area contributed by atoms with Crippen molar-refractivity contribution in [3.63, 3.8) is 0 Å². The first kappa shape index (κ1) is 24.2. The lowest BCUT2D eigenvalue weighted by atomic mass is 10.1. The van der Waals surface area contributed by atoms with Gasteiger partial charge in [-0.25, -0.2) is 0 Å². The number of furan rings is 1. The van der Waals surface area contributed by atoms with Gasteiger partial charge in [-0.05, 0) is 42.0 Å². The van der Waals surface area contributed by atoms with Crippen LogP contribution in [0.25, 0.3) is 11.4 Å². The Bertz CT molecular complexity index is 1270. The molecule has 4 rings (SSSR count).